The molecule has 4 nitrogen and oxygen atoms in total. The van der Waals surface area contributed by atoms with Crippen LogP contribution in [0.2, 0.25) is 0 Å². The number of rotatable bonds is 7. The fraction of sp³-hybridized carbons (Fsp3) is 1.00. The molecule has 0 aromatic heterocycles. The second-order valence-electron chi connectivity index (χ2n) is 2.67. The minimum absolute atomic E-state index is 0.403. The van der Waals surface area contributed by atoms with E-state index in [2.05, 4.69) is 6.92 Å². The Bertz CT molecular complexity index is 186. The van der Waals surface area contributed by atoms with Gasteiger partial charge in [-0.15, -0.1) is 0 Å². The van der Waals surface area contributed by atoms with Gasteiger partial charge in [-0.25, -0.2) is 0 Å². The van der Waals surface area contributed by atoms with E-state index in [4.69, 9.17) is 9.29 Å². The fourth-order valence-corrected chi connectivity index (χ4v) is 1.12. The minimum atomic E-state index is -3.94. The van der Waals surface area contributed by atoms with Gasteiger partial charge in [0.2, 0.25) is 0 Å². The van der Waals surface area contributed by atoms with Crippen molar-refractivity contribution >= 4 is 10.1 Å². The van der Waals surface area contributed by atoms with Gasteiger partial charge in [-0.05, 0) is 6.42 Å². The first kappa shape index (κ1) is 11.9. The lowest BCUT2D eigenvalue weighted by Crippen LogP contribution is -2.08. The Balaban J connectivity index is 3.12. The van der Waals surface area contributed by atoms with Gasteiger partial charge < -0.3 is 4.74 Å². The topological polar surface area (TPSA) is 63.6 Å². The number of hydrogen-bond donors (Lipinski definition) is 1. The molecule has 0 aliphatic rings. The summed E-state index contributed by atoms with van der Waals surface area (Å²) in [6.07, 6.45) is 4.17. The third-order valence-corrected chi connectivity index (χ3v) is 1.84. The van der Waals surface area contributed by atoms with E-state index in [1.165, 1.54) is 0 Å². The maximum atomic E-state index is 10.2. The maximum absolute atomic E-state index is 10.2. The van der Waals surface area contributed by atoms with Gasteiger partial charge >= 0.3 is 0 Å². The van der Waals surface area contributed by atoms with Crippen LogP contribution in [0.4, 0.5) is 0 Å². The van der Waals surface area contributed by atoms with Crippen molar-refractivity contribution in [2.45, 2.75) is 32.6 Å². The van der Waals surface area contributed by atoms with E-state index in [-0.39, 0.29) is 0 Å². The molecule has 0 radical (unpaired) electrons. The molecular formula is C7H16O4S. The standard InChI is InChI=1S/C7H16O4S/c1-2-3-4-5-6-11-7-12(8,9)10/h2-7H2,1H3,(H,8,9,10). The molecule has 1 N–H and O–H groups in total. The summed E-state index contributed by atoms with van der Waals surface area (Å²) in [5.74, 6) is -0.584. The van der Waals surface area contributed by atoms with E-state index in [9.17, 15) is 8.42 Å². The lowest BCUT2D eigenvalue weighted by Gasteiger charge is -2.00. The van der Waals surface area contributed by atoms with Crippen LogP contribution >= 0.6 is 0 Å². The molecule has 0 amide bonds. The van der Waals surface area contributed by atoms with Gasteiger partial charge in [0.25, 0.3) is 10.1 Å². The lowest BCUT2D eigenvalue weighted by molar-refractivity contribution is 0.165. The molecule has 0 fully saturated rings. The van der Waals surface area contributed by atoms with E-state index in [1.807, 2.05) is 0 Å². The Hall–Kier alpha value is -0.130. The fourth-order valence-electron chi connectivity index (χ4n) is 0.795. The zero-order chi connectivity index (χ0) is 9.45. The van der Waals surface area contributed by atoms with E-state index in [0.717, 1.165) is 25.7 Å². The highest BCUT2D eigenvalue weighted by Crippen LogP contribution is 1.99. The smallest absolute Gasteiger partial charge is 0.289 e. The summed E-state index contributed by atoms with van der Waals surface area (Å²) >= 11 is 0. The van der Waals surface area contributed by atoms with Crippen LogP contribution in [0.3, 0.4) is 0 Å². The van der Waals surface area contributed by atoms with Crippen molar-refractivity contribution < 1.29 is 17.7 Å². The molecule has 0 aromatic rings. The van der Waals surface area contributed by atoms with Crippen molar-refractivity contribution in [3.05, 3.63) is 0 Å². The zero-order valence-electron chi connectivity index (χ0n) is 7.32. The van der Waals surface area contributed by atoms with Crippen molar-refractivity contribution in [3.8, 4) is 0 Å². The van der Waals surface area contributed by atoms with Gasteiger partial charge in [-0.1, -0.05) is 26.2 Å². The van der Waals surface area contributed by atoms with Crippen LogP contribution in [0.15, 0.2) is 0 Å². The molecule has 0 saturated heterocycles. The van der Waals surface area contributed by atoms with Crippen molar-refractivity contribution in [3.63, 3.8) is 0 Å². The number of ether oxygens (including phenoxy) is 1. The molecular weight excluding hydrogens is 180 g/mol. The normalized spacial score (nSPS) is 11.8. The lowest BCUT2D eigenvalue weighted by atomic mass is 10.2. The molecule has 0 spiro atoms. The Kier molecular flexibility index (Phi) is 6.32. The Morgan fingerprint density at radius 2 is 1.92 bits per heavy atom. The molecule has 5 heteroatoms. The van der Waals surface area contributed by atoms with Crippen LogP contribution in [0.25, 0.3) is 0 Å². The largest absolute Gasteiger partial charge is 0.363 e. The zero-order valence-corrected chi connectivity index (χ0v) is 8.14. The van der Waals surface area contributed by atoms with E-state index < -0.39 is 16.1 Å². The van der Waals surface area contributed by atoms with Crippen molar-refractivity contribution in [2.24, 2.45) is 0 Å². The number of hydrogen-bond acceptors (Lipinski definition) is 3. The summed E-state index contributed by atoms with van der Waals surface area (Å²) in [4.78, 5) is 0. The summed E-state index contributed by atoms with van der Waals surface area (Å²) in [5, 5.41) is 0. The first-order valence-electron chi connectivity index (χ1n) is 4.09. The van der Waals surface area contributed by atoms with Crippen LogP contribution < -0.4 is 0 Å². The average molecular weight is 196 g/mol. The highest BCUT2D eigenvalue weighted by Gasteiger charge is 2.02. The molecule has 12 heavy (non-hydrogen) atoms. The van der Waals surface area contributed by atoms with Crippen LogP contribution in [0, 0.1) is 0 Å². The van der Waals surface area contributed by atoms with Crippen LogP contribution in [-0.4, -0.2) is 25.5 Å². The predicted molar refractivity (Wildman–Crippen MR) is 46.5 cm³/mol. The Morgan fingerprint density at radius 1 is 1.25 bits per heavy atom. The maximum Gasteiger partial charge on any atom is 0.289 e. The van der Waals surface area contributed by atoms with Crippen LogP contribution in [0.5, 0.6) is 0 Å². The van der Waals surface area contributed by atoms with E-state index in [1.54, 1.807) is 0 Å². The molecule has 0 heterocycles. The monoisotopic (exact) mass is 196 g/mol. The molecule has 74 valence electrons. The third kappa shape index (κ3) is 9.87. The van der Waals surface area contributed by atoms with Gasteiger partial charge in [0.05, 0.1) is 0 Å². The molecule has 0 aliphatic carbocycles. The highest BCUT2D eigenvalue weighted by atomic mass is 32.2. The molecule has 0 bridgehead atoms. The number of unbranched alkanes of at least 4 members (excludes halogenated alkanes) is 3. The summed E-state index contributed by atoms with van der Waals surface area (Å²) < 4.78 is 33.3. The molecule has 0 aliphatic heterocycles. The van der Waals surface area contributed by atoms with Crippen LogP contribution in [-0.2, 0) is 14.9 Å². The summed E-state index contributed by atoms with van der Waals surface area (Å²) in [6.45, 7) is 2.50. The summed E-state index contributed by atoms with van der Waals surface area (Å²) in [7, 11) is -3.94. The SMILES string of the molecule is CCCCCCOCS(=O)(=O)O. The molecule has 0 atom stereocenters. The van der Waals surface area contributed by atoms with Gasteiger partial charge in [-0.3, -0.25) is 4.55 Å². The highest BCUT2D eigenvalue weighted by molar-refractivity contribution is 7.85. The second kappa shape index (κ2) is 6.39. The molecule has 0 rings (SSSR count). The van der Waals surface area contributed by atoms with Crippen LogP contribution in [0.1, 0.15) is 32.6 Å². The van der Waals surface area contributed by atoms with Gasteiger partial charge in [0, 0.05) is 6.61 Å². The van der Waals surface area contributed by atoms with Crippen molar-refractivity contribution in [1.82, 2.24) is 0 Å². The van der Waals surface area contributed by atoms with Gasteiger partial charge in [0.1, 0.15) is 0 Å². The Labute approximate surface area is 73.7 Å². The first-order chi connectivity index (χ1) is 5.56. The quantitative estimate of drug-likeness (QED) is 0.494. The van der Waals surface area contributed by atoms with Gasteiger partial charge in [-0.2, -0.15) is 8.42 Å². The first-order valence-corrected chi connectivity index (χ1v) is 5.70. The average Bonchev–Trinajstić information content (AvgIpc) is 1.94. The van der Waals surface area contributed by atoms with Crippen molar-refractivity contribution in [1.29, 1.82) is 0 Å². The third-order valence-electron chi connectivity index (χ3n) is 1.37. The minimum Gasteiger partial charge on any atom is -0.363 e. The van der Waals surface area contributed by atoms with Gasteiger partial charge in [0.15, 0.2) is 5.94 Å². The summed E-state index contributed by atoms with van der Waals surface area (Å²) in [6, 6.07) is 0. The summed E-state index contributed by atoms with van der Waals surface area (Å²) in [5.41, 5.74) is 0. The van der Waals surface area contributed by atoms with Crippen molar-refractivity contribution in [2.75, 3.05) is 12.5 Å². The van der Waals surface area contributed by atoms with E-state index in [0.29, 0.717) is 6.61 Å². The predicted octanol–water partition coefficient (Wildman–Crippen LogP) is 1.43. The Morgan fingerprint density at radius 3 is 2.42 bits per heavy atom. The molecule has 0 unspecified atom stereocenters. The van der Waals surface area contributed by atoms with E-state index >= 15 is 0 Å². The molecule has 0 saturated carbocycles. The molecule has 0 aromatic carbocycles. The second-order valence-corrected chi connectivity index (χ2v) is 4.07.